The number of carbonyl (C=O) groups is 1. The fraction of sp³-hybridized carbons (Fsp3) is 0.182. The van der Waals surface area contributed by atoms with E-state index in [4.69, 9.17) is 23.2 Å². The van der Waals surface area contributed by atoms with Crippen molar-refractivity contribution in [1.29, 1.82) is 0 Å². The molecule has 0 aliphatic rings. The fourth-order valence-electron chi connectivity index (χ4n) is 1.19. The van der Waals surface area contributed by atoms with E-state index in [1.165, 1.54) is 13.0 Å². The van der Waals surface area contributed by atoms with Crippen LogP contribution in [0, 0.1) is 0 Å². The summed E-state index contributed by atoms with van der Waals surface area (Å²) in [7, 11) is 0. The Balaban J connectivity index is 3.20. The van der Waals surface area contributed by atoms with Crippen molar-refractivity contribution < 1.29 is 4.79 Å². The van der Waals surface area contributed by atoms with Gasteiger partial charge in [0.25, 0.3) is 0 Å². The molecule has 0 radical (unpaired) electrons. The van der Waals surface area contributed by atoms with Gasteiger partial charge in [-0.15, -0.1) is 0 Å². The van der Waals surface area contributed by atoms with Gasteiger partial charge in [-0.1, -0.05) is 35.3 Å². The summed E-state index contributed by atoms with van der Waals surface area (Å²) >= 11 is 11.8. The average Bonchev–Trinajstić information content (AvgIpc) is 2.08. The van der Waals surface area contributed by atoms with Crippen LogP contribution in [0.5, 0.6) is 0 Å². The third kappa shape index (κ3) is 2.60. The Hall–Kier alpha value is -0.790. The number of allylic oxidation sites excluding steroid dienone is 2. The van der Waals surface area contributed by atoms with Crippen LogP contribution in [0.25, 0.3) is 5.57 Å². The second-order valence-corrected chi connectivity index (χ2v) is 3.82. The minimum atomic E-state index is -0.00135. The van der Waals surface area contributed by atoms with Crippen molar-refractivity contribution in [2.45, 2.75) is 13.8 Å². The van der Waals surface area contributed by atoms with Crippen molar-refractivity contribution in [3.05, 3.63) is 39.9 Å². The zero-order valence-electron chi connectivity index (χ0n) is 7.97. The molecule has 0 saturated carbocycles. The van der Waals surface area contributed by atoms with Gasteiger partial charge in [0, 0.05) is 0 Å². The molecule has 0 amide bonds. The van der Waals surface area contributed by atoms with Gasteiger partial charge in [0.2, 0.25) is 0 Å². The molecular weight excluding hydrogens is 219 g/mol. The van der Waals surface area contributed by atoms with E-state index in [-0.39, 0.29) is 5.78 Å². The number of ketones is 1. The highest BCUT2D eigenvalue weighted by atomic mass is 35.5. The van der Waals surface area contributed by atoms with Crippen molar-refractivity contribution >= 4 is 34.6 Å². The van der Waals surface area contributed by atoms with Crippen LogP contribution in [-0.2, 0) is 4.79 Å². The third-order valence-electron chi connectivity index (χ3n) is 1.80. The average molecular weight is 229 g/mol. The zero-order chi connectivity index (χ0) is 10.7. The first-order valence-electron chi connectivity index (χ1n) is 4.15. The van der Waals surface area contributed by atoms with E-state index in [0.29, 0.717) is 10.0 Å². The van der Waals surface area contributed by atoms with E-state index < -0.39 is 0 Å². The molecule has 1 nitrogen and oxygen atoms in total. The lowest BCUT2D eigenvalue weighted by Crippen LogP contribution is -1.87. The van der Waals surface area contributed by atoms with E-state index in [9.17, 15) is 4.79 Å². The van der Waals surface area contributed by atoms with Gasteiger partial charge in [-0.25, -0.2) is 0 Å². The quantitative estimate of drug-likeness (QED) is 0.701. The molecule has 0 unspecified atom stereocenters. The lowest BCUT2D eigenvalue weighted by molar-refractivity contribution is -0.112. The maximum Gasteiger partial charge on any atom is 0.152 e. The van der Waals surface area contributed by atoms with E-state index in [2.05, 4.69) is 0 Å². The summed E-state index contributed by atoms with van der Waals surface area (Å²) in [6, 6.07) is 5.36. The molecule has 1 aromatic carbocycles. The van der Waals surface area contributed by atoms with Crippen molar-refractivity contribution in [2.75, 3.05) is 0 Å². The van der Waals surface area contributed by atoms with Crippen LogP contribution in [-0.4, -0.2) is 5.78 Å². The molecule has 0 saturated heterocycles. The SMILES string of the molecule is CC(=O)/C=C(\C)c1cccc(Cl)c1Cl. The van der Waals surface area contributed by atoms with Gasteiger partial charge in [0.05, 0.1) is 10.0 Å². The van der Waals surface area contributed by atoms with Gasteiger partial charge in [-0.2, -0.15) is 0 Å². The van der Waals surface area contributed by atoms with Crippen molar-refractivity contribution in [2.24, 2.45) is 0 Å². The molecule has 0 N–H and O–H groups in total. The van der Waals surface area contributed by atoms with Gasteiger partial charge in [-0.3, -0.25) is 4.79 Å². The largest absolute Gasteiger partial charge is 0.295 e. The highest BCUT2D eigenvalue weighted by molar-refractivity contribution is 6.43. The Labute approximate surface area is 93.3 Å². The predicted octanol–water partition coefficient (Wildman–Crippen LogP) is 3.99. The highest BCUT2D eigenvalue weighted by Gasteiger charge is 2.05. The second kappa shape index (κ2) is 4.63. The van der Waals surface area contributed by atoms with Crippen LogP contribution in [0.2, 0.25) is 10.0 Å². The fourth-order valence-corrected chi connectivity index (χ4v) is 1.64. The normalized spacial score (nSPS) is 11.6. The molecule has 0 aromatic heterocycles. The molecule has 74 valence electrons. The molecule has 1 rings (SSSR count). The first-order valence-corrected chi connectivity index (χ1v) is 4.91. The number of rotatable bonds is 2. The van der Waals surface area contributed by atoms with Crippen LogP contribution in [0.15, 0.2) is 24.3 Å². The lowest BCUT2D eigenvalue weighted by atomic mass is 10.1. The first kappa shape index (κ1) is 11.3. The number of hydrogen-bond acceptors (Lipinski definition) is 1. The van der Waals surface area contributed by atoms with Crippen LogP contribution in [0.4, 0.5) is 0 Å². The summed E-state index contributed by atoms with van der Waals surface area (Å²) in [5, 5.41) is 0.990. The van der Waals surface area contributed by atoms with Crippen molar-refractivity contribution in [1.82, 2.24) is 0 Å². The molecule has 0 heterocycles. The molecule has 0 aliphatic carbocycles. The Morgan fingerprint density at radius 1 is 1.29 bits per heavy atom. The predicted molar refractivity (Wildman–Crippen MR) is 60.8 cm³/mol. The highest BCUT2D eigenvalue weighted by Crippen LogP contribution is 2.30. The Morgan fingerprint density at radius 3 is 2.50 bits per heavy atom. The zero-order valence-corrected chi connectivity index (χ0v) is 9.49. The number of hydrogen-bond donors (Lipinski definition) is 0. The standard InChI is InChI=1S/C11H10Cl2O/c1-7(6-8(2)14)9-4-3-5-10(12)11(9)13/h3-6H,1-2H3/b7-6+. The minimum Gasteiger partial charge on any atom is -0.295 e. The Kier molecular flexibility index (Phi) is 3.73. The van der Waals surface area contributed by atoms with E-state index in [1.54, 1.807) is 12.1 Å². The van der Waals surface area contributed by atoms with Gasteiger partial charge in [0.15, 0.2) is 5.78 Å². The molecule has 0 fully saturated rings. The minimum absolute atomic E-state index is 0.00135. The lowest BCUT2D eigenvalue weighted by Gasteiger charge is -2.05. The van der Waals surface area contributed by atoms with Gasteiger partial charge in [0.1, 0.15) is 0 Å². The molecule has 1 aromatic rings. The molecule has 0 atom stereocenters. The third-order valence-corrected chi connectivity index (χ3v) is 2.62. The molecule has 0 bridgehead atoms. The molecule has 0 aliphatic heterocycles. The van der Waals surface area contributed by atoms with Crippen LogP contribution in [0.1, 0.15) is 19.4 Å². The summed E-state index contributed by atoms with van der Waals surface area (Å²) in [5.41, 5.74) is 1.62. The topological polar surface area (TPSA) is 17.1 Å². The smallest absolute Gasteiger partial charge is 0.152 e. The van der Waals surface area contributed by atoms with Crippen molar-refractivity contribution in [3.8, 4) is 0 Å². The molecular formula is C11H10Cl2O. The summed E-state index contributed by atoms with van der Waals surface area (Å²) in [5.74, 6) is -0.00135. The summed E-state index contributed by atoms with van der Waals surface area (Å²) in [6.45, 7) is 3.33. The van der Waals surface area contributed by atoms with Gasteiger partial charge >= 0.3 is 0 Å². The summed E-state index contributed by atoms with van der Waals surface area (Å²) in [6.07, 6.45) is 1.54. The van der Waals surface area contributed by atoms with Crippen LogP contribution >= 0.6 is 23.2 Å². The van der Waals surface area contributed by atoms with Gasteiger partial charge < -0.3 is 0 Å². The second-order valence-electron chi connectivity index (χ2n) is 3.04. The van der Waals surface area contributed by atoms with E-state index in [1.807, 2.05) is 13.0 Å². The summed E-state index contributed by atoms with van der Waals surface area (Å²) in [4.78, 5) is 10.9. The monoisotopic (exact) mass is 228 g/mol. The number of halogens is 2. The maximum absolute atomic E-state index is 10.9. The Bertz CT molecular complexity index is 394. The number of benzene rings is 1. The van der Waals surface area contributed by atoms with Gasteiger partial charge in [-0.05, 0) is 37.1 Å². The first-order chi connectivity index (χ1) is 6.52. The molecule has 3 heteroatoms. The van der Waals surface area contributed by atoms with E-state index in [0.717, 1.165) is 11.1 Å². The van der Waals surface area contributed by atoms with E-state index >= 15 is 0 Å². The van der Waals surface area contributed by atoms with Crippen molar-refractivity contribution in [3.63, 3.8) is 0 Å². The number of carbonyl (C=O) groups excluding carboxylic acids is 1. The Morgan fingerprint density at radius 2 is 1.93 bits per heavy atom. The summed E-state index contributed by atoms with van der Waals surface area (Å²) < 4.78 is 0. The molecule has 14 heavy (non-hydrogen) atoms. The van der Waals surface area contributed by atoms with Crippen LogP contribution < -0.4 is 0 Å². The van der Waals surface area contributed by atoms with Crippen LogP contribution in [0.3, 0.4) is 0 Å². The molecule has 0 spiro atoms. The maximum atomic E-state index is 10.9.